The number of hydrogen-bond acceptors (Lipinski definition) is 3. The Morgan fingerprint density at radius 2 is 2.47 bits per heavy atom. The summed E-state index contributed by atoms with van der Waals surface area (Å²) in [5.41, 5.74) is 0. The number of thiophene rings is 1. The van der Waals surface area contributed by atoms with E-state index in [1.165, 1.54) is 41.8 Å². The molecule has 96 valence electrons. The minimum absolute atomic E-state index is 0.836. The summed E-state index contributed by atoms with van der Waals surface area (Å²) < 4.78 is 1.27. The van der Waals surface area contributed by atoms with Crippen molar-refractivity contribution in [3.63, 3.8) is 0 Å². The van der Waals surface area contributed by atoms with Crippen LogP contribution in [0.2, 0.25) is 0 Å². The first kappa shape index (κ1) is 13.5. The van der Waals surface area contributed by atoms with E-state index in [1.54, 1.807) is 0 Å². The van der Waals surface area contributed by atoms with Crippen molar-refractivity contribution in [2.75, 3.05) is 26.2 Å². The summed E-state index contributed by atoms with van der Waals surface area (Å²) in [6, 6.07) is 2.15. The van der Waals surface area contributed by atoms with E-state index in [0.717, 1.165) is 19.0 Å². The van der Waals surface area contributed by atoms with E-state index in [0.29, 0.717) is 0 Å². The van der Waals surface area contributed by atoms with E-state index in [1.807, 2.05) is 11.3 Å². The average molecular weight is 317 g/mol. The first-order chi connectivity index (χ1) is 8.29. The molecule has 1 atom stereocenters. The maximum atomic E-state index is 3.62. The van der Waals surface area contributed by atoms with Crippen LogP contribution in [0.4, 0.5) is 0 Å². The van der Waals surface area contributed by atoms with Crippen LogP contribution in [-0.2, 0) is 6.54 Å². The van der Waals surface area contributed by atoms with E-state index < -0.39 is 0 Å². The molecule has 1 aromatic rings. The normalized spacial score (nSPS) is 21.0. The van der Waals surface area contributed by atoms with Gasteiger partial charge in [-0.05, 0) is 65.8 Å². The molecule has 1 aromatic heterocycles. The predicted molar refractivity (Wildman–Crippen MR) is 78.6 cm³/mol. The molecule has 1 saturated heterocycles. The Bertz CT molecular complexity index is 334. The van der Waals surface area contributed by atoms with E-state index >= 15 is 0 Å². The quantitative estimate of drug-likeness (QED) is 0.896. The SMILES string of the molecule is CCN(Cc1sccc1Br)CC1CCCNC1. The molecule has 1 unspecified atom stereocenters. The fourth-order valence-electron chi connectivity index (χ4n) is 2.39. The summed E-state index contributed by atoms with van der Waals surface area (Å²) in [4.78, 5) is 4.02. The molecule has 17 heavy (non-hydrogen) atoms. The number of piperidine rings is 1. The first-order valence-electron chi connectivity index (χ1n) is 6.44. The molecule has 1 aliphatic rings. The van der Waals surface area contributed by atoms with Gasteiger partial charge < -0.3 is 5.32 Å². The lowest BCUT2D eigenvalue weighted by Crippen LogP contribution is -2.38. The molecule has 0 saturated carbocycles. The Kier molecular flexibility index (Phi) is 5.48. The zero-order valence-corrected chi connectivity index (χ0v) is 12.8. The average Bonchev–Trinajstić information content (AvgIpc) is 2.75. The van der Waals surface area contributed by atoms with Crippen molar-refractivity contribution in [3.05, 3.63) is 20.8 Å². The van der Waals surface area contributed by atoms with Crippen LogP contribution >= 0.6 is 27.3 Å². The van der Waals surface area contributed by atoms with Crippen LogP contribution in [0.5, 0.6) is 0 Å². The molecule has 0 aliphatic carbocycles. The maximum absolute atomic E-state index is 3.62. The second kappa shape index (κ2) is 6.88. The van der Waals surface area contributed by atoms with Crippen molar-refractivity contribution in [2.45, 2.75) is 26.3 Å². The van der Waals surface area contributed by atoms with Gasteiger partial charge in [0, 0.05) is 22.4 Å². The number of nitrogens with zero attached hydrogens (tertiary/aromatic N) is 1. The third-order valence-corrected chi connectivity index (χ3v) is 5.33. The van der Waals surface area contributed by atoms with Gasteiger partial charge in [0.1, 0.15) is 0 Å². The molecule has 0 amide bonds. The van der Waals surface area contributed by atoms with Crippen molar-refractivity contribution in [3.8, 4) is 0 Å². The van der Waals surface area contributed by atoms with Gasteiger partial charge in [0.15, 0.2) is 0 Å². The molecule has 1 fully saturated rings. The van der Waals surface area contributed by atoms with Gasteiger partial charge in [-0.15, -0.1) is 11.3 Å². The summed E-state index contributed by atoms with van der Waals surface area (Å²) in [7, 11) is 0. The van der Waals surface area contributed by atoms with E-state index in [9.17, 15) is 0 Å². The van der Waals surface area contributed by atoms with Gasteiger partial charge in [0.05, 0.1) is 0 Å². The van der Waals surface area contributed by atoms with Crippen LogP contribution in [0.15, 0.2) is 15.9 Å². The zero-order valence-electron chi connectivity index (χ0n) is 10.4. The number of hydrogen-bond donors (Lipinski definition) is 1. The van der Waals surface area contributed by atoms with E-state index in [-0.39, 0.29) is 0 Å². The number of rotatable bonds is 5. The Hall–Kier alpha value is 0.1000. The monoisotopic (exact) mass is 316 g/mol. The Morgan fingerprint density at radius 3 is 3.06 bits per heavy atom. The summed E-state index contributed by atoms with van der Waals surface area (Å²) in [6.07, 6.45) is 2.72. The molecule has 4 heteroatoms. The van der Waals surface area contributed by atoms with Gasteiger partial charge in [-0.25, -0.2) is 0 Å². The lowest BCUT2D eigenvalue weighted by Gasteiger charge is -2.29. The molecular weight excluding hydrogens is 296 g/mol. The highest BCUT2D eigenvalue weighted by Crippen LogP contribution is 2.24. The summed E-state index contributed by atoms with van der Waals surface area (Å²) >= 11 is 5.47. The molecule has 2 heterocycles. The summed E-state index contributed by atoms with van der Waals surface area (Å²) in [6.45, 7) is 8.12. The van der Waals surface area contributed by atoms with Gasteiger partial charge >= 0.3 is 0 Å². The Balaban J connectivity index is 1.85. The highest BCUT2D eigenvalue weighted by molar-refractivity contribution is 9.10. The molecule has 0 bridgehead atoms. The van der Waals surface area contributed by atoms with Crippen LogP contribution in [-0.4, -0.2) is 31.1 Å². The summed E-state index contributed by atoms with van der Waals surface area (Å²) in [5.74, 6) is 0.836. The van der Waals surface area contributed by atoms with Crippen LogP contribution in [0.1, 0.15) is 24.6 Å². The molecule has 0 spiro atoms. The van der Waals surface area contributed by atoms with Gasteiger partial charge in [-0.2, -0.15) is 0 Å². The molecular formula is C13H21BrN2S. The predicted octanol–water partition coefficient (Wildman–Crippen LogP) is 3.33. The molecule has 1 N–H and O–H groups in total. The van der Waals surface area contributed by atoms with Gasteiger partial charge in [0.25, 0.3) is 0 Å². The number of nitrogens with one attached hydrogen (secondary N) is 1. The fourth-order valence-corrected chi connectivity index (χ4v) is 3.91. The fraction of sp³-hybridized carbons (Fsp3) is 0.692. The maximum Gasteiger partial charge on any atom is 0.0339 e. The smallest absolute Gasteiger partial charge is 0.0339 e. The second-order valence-electron chi connectivity index (χ2n) is 4.73. The van der Waals surface area contributed by atoms with Crippen LogP contribution < -0.4 is 5.32 Å². The minimum atomic E-state index is 0.836. The highest BCUT2D eigenvalue weighted by Gasteiger charge is 2.17. The van der Waals surface area contributed by atoms with E-state index in [4.69, 9.17) is 0 Å². The standard InChI is InChI=1S/C13H21BrN2S/c1-2-16(9-11-4-3-6-15-8-11)10-13-12(14)5-7-17-13/h5,7,11,15H,2-4,6,8-10H2,1H3. The second-order valence-corrected chi connectivity index (χ2v) is 6.59. The largest absolute Gasteiger partial charge is 0.316 e. The topological polar surface area (TPSA) is 15.3 Å². The van der Waals surface area contributed by atoms with Crippen LogP contribution in [0.25, 0.3) is 0 Å². The molecule has 2 nitrogen and oxygen atoms in total. The van der Waals surface area contributed by atoms with Crippen molar-refractivity contribution in [1.29, 1.82) is 0 Å². The zero-order chi connectivity index (χ0) is 12.1. The molecule has 2 rings (SSSR count). The van der Waals surface area contributed by atoms with Crippen LogP contribution in [0.3, 0.4) is 0 Å². The van der Waals surface area contributed by atoms with Gasteiger partial charge in [0.2, 0.25) is 0 Å². The van der Waals surface area contributed by atoms with Crippen molar-refractivity contribution >= 4 is 27.3 Å². The molecule has 1 aliphatic heterocycles. The van der Waals surface area contributed by atoms with Crippen molar-refractivity contribution < 1.29 is 0 Å². The van der Waals surface area contributed by atoms with Crippen LogP contribution in [0, 0.1) is 5.92 Å². The Morgan fingerprint density at radius 1 is 1.59 bits per heavy atom. The third-order valence-electron chi connectivity index (χ3n) is 3.42. The van der Waals surface area contributed by atoms with Crippen molar-refractivity contribution in [2.24, 2.45) is 5.92 Å². The van der Waals surface area contributed by atoms with Gasteiger partial charge in [-0.3, -0.25) is 4.90 Å². The molecule has 0 aromatic carbocycles. The minimum Gasteiger partial charge on any atom is -0.316 e. The van der Waals surface area contributed by atoms with E-state index in [2.05, 4.69) is 44.5 Å². The number of halogens is 1. The third kappa shape index (κ3) is 4.05. The molecule has 0 radical (unpaired) electrons. The highest BCUT2D eigenvalue weighted by atomic mass is 79.9. The lowest BCUT2D eigenvalue weighted by molar-refractivity contribution is 0.211. The lowest BCUT2D eigenvalue weighted by atomic mass is 9.99. The first-order valence-corrected chi connectivity index (χ1v) is 8.11. The van der Waals surface area contributed by atoms with Crippen molar-refractivity contribution in [1.82, 2.24) is 10.2 Å². The Labute approximate surface area is 117 Å². The van der Waals surface area contributed by atoms with Gasteiger partial charge in [-0.1, -0.05) is 6.92 Å². The summed E-state index contributed by atoms with van der Waals surface area (Å²) in [5, 5.41) is 5.66.